The van der Waals surface area contributed by atoms with Crippen LogP contribution in [0.4, 0.5) is 0 Å². The van der Waals surface area contributed by atoms with E-state index in [1.807, 2.05) is 0 Å². The van der Waals surface area contributed by atoms with E-state index in [2.05, 4.69) is 5.32 Å². The lowest BCUT2D eigenvalue weighted by molar-refractivity contribution is -0.145. The van der Waals surface area contributed by atoms with Crippen molar-refractivity contribution in [2.45, 2.75) is 51.5 Å². The fraction of sp³-hybridized carbons (Fsp3) is 0.833. The van der Waals surface area contributed by atoms with Gasteiger partial charge in [-0.15, -0.1) is 0 Å². The Hall–Kier alpha value is -1.06. The van der Waals surface area contributed by atoms with Gasteiger partial charge in [-0.25, -0.2) is 4.79 Å². The van der Waals surface area contributed by atoms with Crippen LogP contribution in [-0.4, -0.2) is 25.0 Å². The highest BCUT2D eigenvalue weighted by Crippen LogP contribution is 2.27. The summed E-state index contributed by atoms with van der Waals surface area (Å²) in [5.41, 5.74) is 0. The average molecular weight is 227 g/mol. The van der Waals surface area contributed by atoms with Gasteiger partial charge in [-0.05, 0) is 12.3 Å². The second kappa shape index (κ2) is 6.51. The number of carbonyl (C=O) groups is 2. The summed E-state index contributed by atoms with van der Waals surface area (Å²) < 4.78 is 4.70. The Morgan fingerprint density at radius 2 is 1.94 bits per heavy atom. The maximum Gasteiger partial charge on any atom is 0.328 e. The molecule has 0 radical (unpaired) electrons. The van der Waals surface area contributed by atoms with E-state index in [0.29, 0.717) is 12.3 Å². The van der Waals surface area contributed by atoms with Gasteiger partial charge >= 0.3 is 5.97 Å². The van der Waals surface area contributed by atoms with Crippen molar-refractivity contribution in [1.82, 2.24) is 5.32 Å². The number of ether oxygens (including phenoxy) is 1. The maximum atomic E-state index is 11.5. The molecule has 0 aliphatic heterocycles. The number of carbonyl (C=O) groups excluding carboxylic acids is 2. The quantitative estimate of drug-likeness (QED) is 0.743. The molecule has 1 aliphatic carbocycles. The van der Waals surface area contributed by atoms with Crippen LogP contribution < -0.4 is 5.32 Å². The molecule has 92 valence electrons. The summed E-state index contributed by atoms with van der Waals surface area (Å²) in [5, 5.41) is 2.66. The van der Waals surface area contributed by atoms with E-state index >= 15 is 0 Å². The number of amides is 1. The van der Waals surface area contributed by atoms with E-state index in [-0.39, 0.29) is 11.9 Å². The predicted octanol–water partition coefficient (Wildman–Crippen LogP) is 1.63. The molecule has 0 heterocycles. The van der Waals surface area contributed by atoms with Gasteiger partial charge in [-0.3, -0.25) is 4.79 Å². The van der Waals surface area contributed by atoms with Crippen LogP contribution in [0.15, 0.2) is 0 Å². The number of nitrogens with one attached hydrogen (secondary N) is 1. The van der Waals surface area contributed by atoms with Gasteiger partial charge in [0.15, 0.2) is 0 Å². The predicted molar refractivity (Wildman–Crippen MR) is 60.8 cm³/mol. The maximum absolute atomic E-state index is 11.5. The van der Waals surface area contributed by atoms with Gasteiger partial charge in [-0.2, -0.15) is 0 Å². The molecular weight excluding hydrogens is 206 g/mol. The van der Waals surface area contributed by atoms with Gasteiger partial charge in [-0.1, -0.05) is 32.1 Å². The van der Waals surface area contributed by atoms with Crippen LogP contribution in [0.3, 0.4) is 0 Å². The highest BCUT2D eigenvalue weighted by Gasteiger charge is 2.25. The molecule has 0 spiro atoms. The molecule has 1 saturated carbocycles. The number of hydrogen-bond donors (Lipinski definition) is 1. The molecule has 4 nitrogen and oxygen atoms in total. The zero-order valence-electron chi connectivity index (χ0n) is 10.1. The van der Waals surface area contributed by atoms with E-state index < -0.39 is 6.04 Å². The molecule has 4 heteroatoms. The van der Waals surface area contributed by atoms with Crippen molar-refractivity contribution < 1.29 is 14.3 Å². The van der Waals surface area contributed by atoms with Crippen LogP contribution in [0.25, 0.3) is 0 Å². The molecule has 0 aromatic carbocycles. The Bertz CT molecular complexity index is 247. The van der Waals surface area contributed by atoms with Crippen molar-refractivity contribution in [2.75, 3.05) is 7.11 Å². The third-order valence-electron chi connectivity index (χ3n) is 3.16. The highest BCUT2D eigenvalue weighted by atomic mass is 16.5. The summed E-state index contributed by atoms with van der Waals surface area (Å²) in [6.45, 7) is 1.43. The van der Waals surface area contributed by atoms with E-state index in [9.17, 15) is 9.59 Å². The van der Waals surface area contributed by atoms with Crippen LogP contribution in [0.5, 0.6) is 0 Å². The molecule has 0 unspecified atom stereocenters. The van der Waals surface area contributed by atoms with Crippen molar-refractivity contribution in [3.63, 3.8) is 0 Å². The molecule has 1 atom stereocenters. The minimum absolute atomic E-state index is 0.175. The second-order valence-electron chi connectivity index (χ2n) is 4.52. The Morgan fingerprint density at radius 3 is 2.44 bits per heavy atom. The molecule has 0 saturated heterocycles. The van der Waals surface area contributed by atoms with E-state index in [1.165, 1.54) is 33.3 Å². The Kier molecular flexibility index (Phi) is 5.29. The van der Waals surface area contributed by atoms with Crippen LogP contribution in [-0.2, 0) is 14.3 Å². The average Bonchev–Trinajstić information content (AvgIpc) is 2.28. The standard InChI is InChI=1S/C12H21NO3/c1-9(14)13-11(12(15)16-2)8-10-6-4-3-5-7-10/h10-11H,3-8H2,1-2H3,(H,13,14)/t11-/m1/s1. The first-order chi connectivity index (χ1) is 7.63. The van der Waals surface area contributed by atoms with Crippen molar-refractivity contribution in [3.8, 4) is 0 Å². The Morgan fingerprint density at radius 1 is 1.31 bits per heavy atom. The van der Waals surface area contributed by atoms with Gasteiger partial charge in [0.05, 0.1) is 7.11 Å². The number of hydrogen-bond acceptors (Lipinski definition) is 3. The number of esters is 1. The smallest absolute Gasteiger partial charge is 0.328 e. The summed E-state index contributed by atoms with van der Waals surface area (Å²) in [5.74, 6) is 0.0386. The van der Waals surface area contributed by atoms with E-state index in [4.69, 9.17) is 4.74 Å². The number of methoxy groups -OCH3 is 1. The van der Waals surface area contributed by atoms with Crippen molar-refractivity contribution in [2.24, 2.45) is 5.92 Å². The van der Waals surface area contributed by atoms with E-state index in [1.54, 1.807) is 0 Å². The van der Waals surface area contributed by atoms with Gasteiger partial charge < -0.3 is 10.1 Å². The summed E-state index contributed by atoms with van der Waals surface area (Å²) in [6.07, 6.45) is 6.79. The molecule has 1 rings (SSSR count). The van der Waals surface area contributed by atoms with Crippen LogP contribution in [0.2, 0.25) is 0 Å². The SMILES string of the molecule is COC(=O)[C@@H](CC1CCCCC1)NC(C)=O. The molecular formula is C12H21NO3. The third-order valence-corrected chi connectivity index (χ3v) is 3.16. The third kappa shape index (κ3) is 4.21. The van der Waals surface area contributed by atoms with Crippen LogP contribution in [0.1, 0.15) is 45.4 Å². The van der Waals surface area contributed by atoms with Gasteiger partial charge in [0.25, 0.3) is 0 Å². The molecule has 16 heavy (non-hydrogen) atoms. The first-order valence-electron chi connectivity index (χ1n) is 5.98. The van der Waals surface area contributed by atoms with E-state index in [0.717, 1.165) is 12.8 Å². The normalized spacial score (nSPS) is 18.9. The molecule has 1 aliphatic rings. The van der Waals surface area contributed by atoms with Crippen molar-refractivity contribution in [1.29, 1.82) is 0 Å². The van der Waals surface area contributed by atoms with Crippen molar-refractivity contribution in [3.05, 3.63) is 0 Å². The summed E-state index contributed by atoms with van der Waals surface area (Å²) in [4.78, 5) is 22.5. The fourth-order valence-corrected chi connectivity index (χ4v) is 2.36. The lowest BCUT2D eigenvalue weighted by Crippen LogP contribution is -2.41. The first kappa shape index (κ1) is 13.0. The number of rotatable bonds is 4. The largest absolute Gasteiger partial charge is 0.467 e. The minimum atomic E-state index is -0.467. The first-order valence-corrected chi connectivity index (χ1v) is 5.98. The van der Waals surface area contributed by atoms with Gasteiger partial charge in [0.2, 0.25) is 5.91 Å². The molecule has 0 aromatic rings. The summed E-state index contributed by atoms with van der Waals surface area (Å²) in [6, 6.07) is -0.467. The summed E-state index contributed by atoms with van der Waals surface area (Å²) in [7, 11) is 1.36. The molecule has 1 N–H and O–H groups in total. The molecule has 1 fully saturated rings. The highest BCUT2D eigenvalue weighted by molar-refractivity contribution is 5.83. The van der Waals surface area contributed by atoms with Crippen molar-refractivity contribution >= 4 is 11.9 Å². The monoisotopic (exact) mass is 227 g/mol. The summed E-state index contributed by atoms with van der Waals surface area (Å²) >= 11 is 0. The Labute approximate surface area is 96.7 Å². The topological polar surface area (TPSA) is 55.4 Å². The second-order valence-corrected chi connectivity index (χ2v) is 4.52. The molecule has 0 aromatic heterocycles. The lowest BCUT2D eigenvalue weighted by Gasteiger charge is -2.25. The van der Waals surface area contributed by atoms with Gasteiger partial charge in [0, 0.05) is 6.92 Å². The zero-order chi connectivity index (χ0) is 12.0. The fourth-order valence-electron chi connectivity index (χ4n) is 2.36. The lowest BCUT2D eigenvalue weighted by atomic mass is 9.85. The molecule has 1 amide bonds. The van der Waals surface area contributed by atoms with Crippen LogP contribution >= 0.6 is 0 Å². The minimum Gasteiger partial charge on any atom is -0.467 e. The Balaban J connectivity index is 2.47. The van der Waals surface area contributed by atoms with Gasteiger partial charge in [0.1, 0.15) is 6.04 Å². The zero-order valence-corrected chi connectivity index (χ0v) is 10.1. The van der Waals surface area contributed by atoms with Crippen LogP contribution in [0, 0.1) is 5.92 Å². The molecule has 0 bridgehead atoms.